The molecule has 1 N–H and O–H groups in total. The van der Waals surface area contributed by atoms with Crippen molar-refractivity contribution >= 4 is 5.91 Å². The first kappa shape index (κ1) is 28.2. The summed E-state index contributed by atoms with van der Waals surface area (Å²) in [6.07, 6.45) is 19.3. The SMILES string of the molecule is C[C@H](CCC(=O)N1CC[C@@H](Oc2ccncc2)C[C@@H]1C)[C@H]1CC[C@H]2[C@@H]3CC=C4C[C@@H](O)CC[C@]4(C)[C@H]3CC[C@]12C. The van der Waals surface area contributed by atoms with Gasteiger partial charge in [0.05, 0.1) is 6.10 Å². The van der Waals surface area contributed by atoms with Crippen molar-refractivity contribution in [2.75, 3.05) is 6.54 Å². The zero-order valence-corrected chi connectivity index (χ0v) is 25.4. The zero-order valence-electron chi connectivity index (χ0n) is 25.4. The number of rotatable bonds is 6. The average molecular weight is 549 g/mol. The van der Waals surface area contributed by atoms with Crippen LogP contribution in [0.15, 0.2) is 36.2 Å². The minimum Gasteiger partial charge on any atom is -0.490 e. The highest BCUT2D eigenvalue weighted by molar-refractivity contribution is 5.76. The number of amides is 1. The van der Waals surface area contributed by atoms with Crippen LogP contribution in [0.2, 0.25) is 0 Å². The van der Waals surface area contributed by atoms with Gasteiger partial charge < -0.3 is 14.7 Å². The van der Waals surface area contributed by atoms with Gasteiger partial charge >= 0.3 is 0 Å². The minimum atomic E-state index is -0.126. The van der Waals surface area contributed by atoms with Gasteiger partial charge in [-0.05, 0) is 117 Å². The molecule has 1 aromatic rings. The largest absolute Gasteiger partial charge is 0.490 e. The van der Waals surface area contributed by atoms with E-state index in [4.69, 9.17) is 4.74 Å². The van der Waals surface area contributed by atoms with Crippen molar-refractivity contribution in [1.29, 1.82) is 0 Å². The molecule has 3 saturated carbocycles. The summed E-state index contributed by atoms with van der Waals surface area (Å²) in [4.78, 5) is 19.6. The molecule has 1 saturated heterocycles. The second-order valence-electron chi connectivity index (χ2n) is 14.8. The molecule has 2 heterocycles. The highest BCUT2D eigenvalue weighted by Gasteiger charge is 2.59. The van der Waals surface area contributed by atoms with Crippen molar-refractivity contribution in [2.45, 2.75) is 123 Å². The first-order valence-corrected chi connectivity index (χ1v) is 16.4. The van der Waals surface area contributed by atoms with Crippen LogP contribution in [0.4, 0.5) is 0 Å². The van der Waals surface area contributed by atoms with Crippen molar-refractivity contribution in [3.63, 3.8) is 0 Å². The van der Waals surface area contributed by atoms with E-state index in [0.717, 1.165) is 74.5 Å². The summed E-state index contributed by atoms with van der Waals surface area (Å²) in [7, 11) is 0. The number of pyridine rings is 1. The molecule has 5 heteroatoms. The molecular weight excluding hydrogens is 496 g/mol. The molecule has 1 aromatic heterocycles. The Labute approximate surface area is 242 Å². The predicted octanol–water partition coefficient (Wildman–Crippen LogP) is 7.20. The van der Waals surface area contributed by atoms with E-state index in [2.05, 4.69) is 43.7 Å². The monoisotopic (exact) mass is 548 g/mol. The number of carbonyl (C=O) groups excluding carboxylic acids is 1. The lowest BCUT2D eigenvalue weighted by Gasteiger charge is -2.58. The van der Waals surface area contributed by atoms with Gasteiger partial charge in [0.2, 0.25) is 5.91 Å². The van der Waals surface area contributed by atoms with Crippen molar-refractivity contribution in [1.82, 2.24) is 9.88 Å². The Hall–Kier alpha value is -1.88. The van der Waals surface area contributed by atoms with Crippen molar-refractivity contribution in [2.24, 2.45) is 40.4 Å². The number of allylic oxidation sites excluding steroid dienone is 1. The van der Waals surface area contributed by atoms with Gasteiger partial charge in [0.15, 0.2) is 0 Å². The number of carbonyl (C=O) groups is 1. The molecule has 1 aliphatic heterocycles. The number of hydrogen-bond acceptors (Lipinski definition) is 4. The molecule has 40 heavy (non-hydrogen) atoms. The maximum Gasteiger partial charge on any atom is 0.222 e. The molecule has 5 nitrogen and oxygen atoms in total. The van der Waals surface area contributed by atoms with E-state index >= 15 is 0 Å². The van der Waals surface area contributed by atoms with Crippen LogP contribution in [0.25, 0.3) is 0 Å². The van der Waals surface area contributed by atoms with E-state index in [1.54, 1.807) is 18.0 Å². The van der Waals surface area contributed by atoms with E-state index < -0.39 is 0 Å². The van der Waals surface area contributed by atoms with E-state index in [1.165, 1.54) is 32.1 Å². The summed E-state index contributed by atoms with van der Waals surface area (Å²) < 4.78 is 6.17. The maximum atomic E-state index is 13.4. The molecule has 0 unspecified atom stereocenters. The Morgan fingerprint density at radius 2 is 1.93 bits per heavy atom. The average Bonchev–Trinajstić information content (AvgIpc) is 3.30. The number of piperidine rings is 1. The molecule has 10 atom stereocenters. The Balaban J connectivity index is 1.03. The van der Waals surface area contributed by atoms with Gasteiger partial charge in [-0.3, -0.25) is 9.78 Å². The van der Waals surface area contributed by atoms with Gasteiger partial charge in [-0.25, -0.2) is 0 Å². The maximum absolute atomic E-state index is 13.4. The Morgan fingerprint density at radius 1 is 1.12 bits per heavy atom. The lowest BCUT2D eigenvalue weighted by Crippen LogP contribution is -2.51. The van der Waals surface area contributed by atoms with Gasteiger partial charge in [0, 0.05) is 44.2 Å². The molecule has 220 valence electrons. The Morgan fingerprint density at radius 3 is 2.70 bits per heavy atom. The molecule has 0 bridgehead atoms. The summed E-state index contributed by atoms with van der Waals surface area (Å²) >= 11 is 0. The fraction of sp³-hybridized carbons (Fsp3) is 0.771. The zero-order chi connectivity index (χ0) is 28.1. The quantitative estimate of drug-likeness (QED) is 0.382. The lowest BCUT2D eigenvalue weighted by atomic mass is 9.47. The topological polar surface area (TPSA) is 62.7 Å². The number of aromatic nitrogens is 1. The van der Waals surface area contributed by atoms with E-state index in [0.29, 0.717) is 29.1 Å². The highest BCUT2D eigenvalue weighted by Crippen LogP contribution is 2.67. The number of likely N-dealkylation sites (tertiary alicyclic amines) is 1. The van der Waals surface area contributed by atoms with E-state index in [9.17, 15) is 9.90 Å². The van der Waals surface area contributed by atoms with Gasteiger partial charge in [-0.1, -0.05) is 32.4 Å². The normalized spacial score (nSPS) is 41.8. The van der Waals surface area contributed by atoms with Crippen LogP contribution in [-0.4, -0.2) is 45.7 Å². The van der Waals surface area contributed by atoms with Crippen LogP contribution in [0.5, 0.6) is 5.75 Å². The molecule has 5 aliphatic rings. The fourth-order valence-electron chi connectivity index (χ4n) is 10.5. The summed E-state index contributed by atoms with van der Waals surface area (Å²) in [6.45, 7) is 10.6. The second kappa shape index (κ2) is 11.1. The second-order valence-corrected chi connectivity index (χ2v) is 14.8. The third-order valence-corrected chi connectivity index (χ3v) is 12.8. The van der Waals surface area contributed by atoms with Crippen molar-refractivity contribution < 1.29 is 14.6 Å². The summed E-state index contributed by atoms with van der Waals surface area (Å²) in [5.74, 6) is 4.94. The van der Waals surface area contributed by atoms with Crippen LogP contribution in [0.1, 0.15) is 105 Å². The Bertz CT molecular complexity index is 1090. The summed E-state index contributed by atoms with van der Waals surface area (Å²) in [6, 6.07) is 4.04. The molecule has 6 rings (SSSR count). The summed E-state index contributed by atoms with van der Waals surface area (Å²) in [5, 5.41) is 10.3. The van der Waals surface area contributed by atoms with E-state index in [-0.39, 0.29) is 18.2 Å². The van der Waals surface area contributed by atoms with Gasteiger partial charge in [-0.2, -0.15) is 0 Å². The van der Waals surface area contributed by atoms with Crippen LogP contribution in [0, 0.1) is 40.4 Å². The number of nitrogens with zero attached hydrogens (tertiary/aromatic N) is 2. The van der Waals surface area contributed by atoms with Crippen LogP contribution in [0.3, 0.4) is 0 Å². The minimum absolute atomic E-state index is 0.126. The molecule has 4 fully saturated rings. The molecule has 0 aromatic carbocycles. The van der Waals surface area contributed by atoms with Gasteiger partial charge in [-0.15, -0.1) is 0 Å². The highest BCUT2D eigenvalue weighted by atomic mass is 16.5. The standard InChI is InChI=1S/C35H52N2O3/c1-23(5-10-33(39)37-20-15-28(21-24(37)2)40-27-13-18-36-19-14-27)30-8-9-31-29-7-6-25-22-26(38)11-16-34(25,3)32(29)12-17-35(30,31)4/h6,13-14,18-19,23-24,26,28-32,38H,5,7-12,15-17,20-22H2,1-4H3/t23-,24+,26+,28-,29+,30-,31+,32+,34+,35-/m1/s1. The van der Waals surface area contributed by atoms with Crippen LogP contribution < -0.4 is 4.74 Å². The first-order valence-electron chi connectivity index (χ1n) is 16.4. The molecule has 0 radical (unpaired) electrons. The number of aliphatic hydroxyl groups excluding tert-OH is 1. The predicted molar refractivity (Wildman–Crippen MR) is 159 cm³/mol. The van der Waals surface area contributed by atoms with Crippen LogP contribution in [-0.2, 0) is 4.79 Å². The van der Waals surface area contributed by atoms with E-state index in [1.807, 2.05) is 12.1 Å². The van der Waals surface area contributed by atoms with Gasteiger partial charge in [0.1, 0.15) is 11.9 Å². The number of aliphatic hydroxyl groups is 1. The third kappa shape index (κ3) is 5.03. The van der Waals surface area contributed by atoms with Crippen molar-refractivity contribution in [3.8, 4) is 5.75 Å². The van der Waals surface area contributed by atoms with Crippen LogP contribution >= 0.6 is 0 Å². The lowest BCUT2D eigenvalue weighted by molar-refractivity contribution is -0.136. The molecule has 4 aliphatic carbocycles. The van der Waals surface area contributed by atoms with Gasteiger partial charge in [0.25, 0.3) is 0 Å². The smallest absolute Gasteiger partial charge is 0.222 e. The fourth-order valence-corrected chi connectivity index (χ4v) is 10.5. The molecule has 0 spiro atoms. The number of ether oxygens (including phenoxy) is 1. The molecule has 1 amide bonds. The van der Waals surface area contributed by atoms with Crippen molar-refractivity contribution in [3.05, 3.63) is 36.2 Å². The molecular formula is C35H52N2O3. The Kier molecular flexibility index (Phi) is 7.82. The first-order chi connectivity index (χ1) is 19.2. The number of hydrogen-bond donors (Lipinski definition) is 1. The number of fused-ring (bicyclic) bond motifs is 5. The summed E-state index contributed by atoms with van der Waals surface area (Å²) in [5.41, 5.74) is 2.29. The third-order valence-electron chi connectivity index (χ3n) is 12.8.